The number of nitrogens with zero attached hydrogens (tertiary/aromatic N) is 1. The number of amides is 1. The second-order valence-electron chi connectivity index (χ2n) is 10.8. The highest BCUT2D eigenvalue weighted by Crippen LogP contribution is 2.41. The third-order valence-corrected chi connectivity index (χ3v) is 8.97. The Bertz CT molecular complexity index is 794. The summed E-state index contributed by atoms with van der Waals surface area (Å²) in [4.78, 5) is 16.9. The standard InChI is InChI=1S/C26H40FN3O4S/c27-18-4-3-6-19(13-18)34-24-14-21-17(12-23(24)33-16-20-5-1-2-10-32-20)7-8-28-22(21)15-25(31)30-26-29-9-11-35-26/h9,11,17-24,28H,1-8,10,12-16H2,(H,29,30,31)/t17?,18?,19?,20?,21?,22-,23?,24?/m1/s1. The third kappa shape index (κ3) is 7.01. The van der Waals surface area contributed by atoms with Gasteiger partial charge in [-0.1, -0.05) is 0 Å². The Morgan fingerprint density at radius 2 is 2.11 bits per heavy atom. The number of alkyl halides is 1. The van der Waals surface area contributed by atoms with Crippen LogP contribution in [-0.2, 0) is 19.0 Å². The van der Waals surface area contributed by atoms with E-state index in [2.05, 4.69) is 15.6 Å². The molecular formula is C26H40FN3O4S. The fourth-order valence-electron chi connectivity index (χ4n) is 6.49. The predicted octanol–water partition coefficient (Wildman–Crippen LogP) is 4.48. The molecule has 1 aromatic rings. The zero-order valence-electron chi connectivity index (χ0n) is 20.5. The van der Waals surface area contributed by atoms with Crippen molar-refractivity contribution in [3.63, 3.8) is 0 Å². The molecule has 0 aromatic carbocycles. The van der Waals surface area contributed by atoms with Gasteiger partial charge in [0.05, 0.1) is 31.0 Å². The summed E-state index contributed by atoms with van der Waals surface area (Å²) in [5.41, 5.74) is 0. The number of piperidine rings is 1. The normalized spacial score (nSPS) is 38.0. The number of thiazole rings is 1. The van der Waals surface area contributed by atoms with Crippen molar-refractivity contribution in [3.8, 4) is 0 Å². The molecule has 0 spiro atoms. The Hall–Kier alpha value is -1.13. The monoisotopic (exact) mass is 509 g/mol. The molecule has 0 bridgehead atoms. The first-order valence-electron chi connectivity index (χ1n) is 13.6. The topological polar surface area (TPSA) is 81.7 Å². The molecule has 2 N–H and O–H groups in total. The molecule has 2 saturated carbocycles. The Labute approximate surface area is 211 Å². The Balaban J connectivity index is 1.23. The predicted molar refractivity (Wildman–Crippen MR) is 133 cm³/mol. The summed E-state index contributed by atoms with van der Waals surface area (Å²) in [6.45, 7) is 2.34. The molecule has 8 atom stereocenters. The van der Waals surface area contributed by atoms with Crippen LogP contribution < -0.4 is 10.6 Å². The number of rotatable bonds is 8. The maximum atomic E-state index is 14.1. The van der Waals surface area contributed by atoms with E-state index in [-0.39, 0.29) is 36.4 Å². The van der Waals surface area contributed by atoms with E-state index in [1.807, 2.05) is 5.38 Å². The molecule has 3 heterocycles. The van der Waals surface area contributed by atoms with Gasteiger partial charge >= 0.3 is 0 Å². The summed E-state index contributed by atoms with van der Waals surface area (Å²) in [6.07, 6.45) is 10.6. The number of hydrogen-bond acceptors (Lipinski definition) is 7. The zero-order chi connectivity index (χ0) is 24.0. The number of hydrogen-bond donors (Lipinski definition) is 2. The van der Waals surface area contributed by atoms with Crippen LogP contribution in [0.1, 0.15) is 70.6 Å². The van der Waals surface area contributed by atoms with Crippen LogP contribution in [0.25, 0.3) is 0 Å². The second kappa shape index (κ2) is 12.4. The van der Waals surface area contributed by atoms with E-state index in [9.17, 15) is 9.18 Å². The van der Waals surface area contributed by atoms with E-state index in [1.54, 1.807) is 6.20 Å². The van der Waals surface area contributed by atoms with E-state index in [0.29, 0.717) is 42.8 Å². The molecule has 0 radical (unpaired) electrons. The summed E-state index contributed by atoms with van der Waals surface area (Å²) < 4.78 is 33.1. The number of halogens is 1. The van der Waals surface area contributed by atoms with Crippen LogP contribution in [0, 0.1) is 11.8 Å². The average molecular weight is 510 g/mol. The molecular weight excluding hydrogens is 469 g/mol. The van der Waals surface area contributed by atoms with Crippen LogP contribution in [0.4, 0.5) is 9.52 Å². The molecule has 35 heavy (non-hydrogen) atoms. The van der Waals surface area contributed by atoms with Crippen LogP contribution in [0.5, 0.6) is 0 Å². The first-order valence-corrected chi connectivity index (χ1v) is 14.5. The smallest absolute Gasteiger partial charge is 0.227 e. The lowest BCUT2D eigenvalue weighted by atomic mass is 9.68. The van der Waals surface area contributed by atoms with Crippen molar-refractivity contribution in [2.75, 3.05) is 25.1 Å². The number of anilines is 1. The molecule has 7 unspecified atom stereocenters. The first kappa shape index (κ1) is 25.5. The SMILES string of the molecule is O=C(C[C@H]1NCCC2CC(OCC3CCCCO3)C(OC3CCCC(F)C3)CC21)Nc1nccs1. The van der Waals surface area contributed by atoms with Crippen molar-refractivity contribution < 1.29 is 23.4 Å². The summed E-state index contributed by atoms with van der Waals surface area (Å²) in [5.74, 6) is 0.827. The largest absolute Gasteiger partial charge is 0.376 e. The molecule has 2 saturated heterocycles. The fraction of sp³-hybridized carbons (Fsp3) is 0.846. The molecule has 1 aromatic heterocycles. The van der Waals surface area contributed by atoms with Crippen molar-refractivity contribution in [3.05, 3.63) is 11.6 Å². The van der Waals surface area contributed by atoms with Crippen molar-refractivity contribution in [2.45, 2.75) is 107 Å². The Morgan fingerprint density at radius 1 is 1.17 bits per heavy atom. The lowest BCUT2D eigenvalue weighted by Gasteiger charge is -2.48. The van der Waals surface area contributed by atoms with Crippen LogP contribution in [0.15, 0.2) is 11.6 Å². The minimum atomic E-state index is -0.765. The molecule has 9 heteroatoms. The minimum absolute atomic E-state index is 0.00376. The summed E-state index contributed by atoms with van der Waals surface area (Å²) in [6, 6.07) is 0.0997. The van der Waals surface area contributed by atoms with Crippen molar-refractivity contribution in [1.29, 1.82) is 0 Å². The van der Waals surface area contributed by atoms with E-state index in [0.717, 1.165) is 58.1 Å². The highest BCUT2D eigenvalue weighted by Gasteiger charge is 2.45. The lowest BCUT2D eigenvalue weighted by Crippen LogP contribution is -2.55. The number of ether oxygens (including phenoxy) is 3. The molecule has 196 valence electrons. The molecule has 1 amide bonds. The van der Waals surface area contributed by atoms with Crippen molar-refractivity contribution in [1.82, 2.24) is 10.3 Å². The van der Waals surface area contributed by atoms with Gasteiger partial charge in [-0.25, -0.2) is 9.37 Å². The number of aromatic nitrogens is 1. The Morgan fingerprint density at radius 3 is 2.91 bits per heavy atom. The van der Waals surface area contributed by atoms with Gasteiger partial charge in [-0.05, 0) is 76.2 Å². The molecule has 2 aliphatic heterocycles. The van der Waals surface area contributed by atoms with Gasteiger partial charge in [-0.15, -0.1) is 11.3 Å². The maximum absolute atomic E-state index is 14.1. The van der Waals surface area contributed by atoms with Gasteiger partial charge < -0.3 is 24.8 Å². The Kier molecular flexibility index (Phi) is 9.05. The fourth-order valence-corrected chi connectivity index (χ4v) is 7.04. The molecule has 4 fully saturated rings. The van der Waals surface area contributed by atoms with Gasteiger partial charge in [-0.3, -0.25) is 4.79 Å². The summed E-state index contributed by atoms with van der Waals surface area (Å²) in [5, 5.41) is 9.04. The van der Waals surface area contributed by atoms with Gasteiger partial charge in [0.15, 0.2) is 5.13 Å². The van der Waals surface area contributed by atoms with Gasteiger partial charge in [0, 0.05) is 37.1 Å². The van der Waals surface area contributed by atoms with E-state index in [1.165, 1.54) is 17.8 Å². The number of fused-ring (bicyclic) bond motifs is 1. The highest BCUT2D eigenvalue weighted by molar-refractivity contribution is 7.13. The van der Waals surface area contributed by atoms with Crippen molar-refractivity contribution in [2.24, 2.45) is 11.8 Å². The van der Waals surface area contributed by atoms with E-state index >= 15 is 0 Å². The quantitative estimate of drug-likeness (QED) is 0.538. The number of carbonyl (C=O) groups is 1. The zero-order valence-corrected chi connectivity index (χ0v) is 21.4. The van der Waals surface area contributed by atoms with Gasteiger partial charge in [0.25, 0.3) is 0 Å². The van der Waals surface area contributed by atoms with Crippen LogP contribution >= 0.6 is 11.3 Å². The number of nitrogens with one attached hydrogen (secondary N) is 2. The summed E-state index contributed by atoms with van der Waals surface area (Å²) >= 11 is 1.43. The van der Waals surface area contributed by atoms with E-state index < -0.39 is 6.17 Å². The molecule has 5 rings (SSSR count). The van der Waals surface area contributed by atoms with Crippen LogP contribution in [-0.4, -0.2) is 67.3 Å². The van der Waals surface area contributed by atoms with Crippen LogP contribution in [0.3, 0.4) is 0 Å². The van der Waals surface area contributed by atoms with Gasteiger partial charge in [-0.2, -0.15) is 0 Å². The van der Waals surface area contributed by atoms with Crippen molar-refractivity contribution >= 4 is 22.4 Å². The highest BCUT2D eigenvalue weighted by atomic mass is 32.1. The molecule has 4 aliphatic rings. The third-order valence-electron chi connectivity index (χ3n) is 8.28. The van der Waals surface area contributed by atoms with Gasteiger partial charge in [0.2, 0.25) is 5.91 Å². The lowest BCUT2D eigenvalue weighted by molar-refractivity contribution is -0.168. The van der Waals surface area contributed by atoms with Gasteiger partial charge in [0.1, 0.15) is 6.17 Å². The maximum Gasteiger partial charge on any atom is 0.227 e. The molecule has 2 aliphatic carbocycles. The van der Waals surface area contributed by atoms with Crippen LogP contribution in [0.2, 0.25) is 0 Å². The summed E-state index contributed by atoms with van der Waals surface area (Å²) in [7, 11) is 0. The molecule has 7 nitrogen and oxygen atoms in total. The first-order chi connectivity index (χ1) is 17.1. The average Bonchev–Trinajstić information content (AvgIpc) is 3.37. The number of carbonyl (C=O) groups excluding carboxylic acids is 1. The minimum Gasteiger partial charge on any atom is -0.376 e. The van der Waals surface area contributed by atoms with E-state index in [4.69, 9.17) is 14.2 Å². The second-order valence-corrected chi connectivity index (χ2v) is 11.6.